The first-order valence-electron chi connectivity index (χ1n) is 8.66. The summed E-state index contributed by atoms with van der Waals surface area (Å²) in [4.78, 5) is 36.6. The van der Waals surface area contributed by atoms with Gasteiger partial charge in [-0.25, -0.2) is 0 Å². The molecule has 0 aliphatic carbocycles. The molecule has 2 amide bonds. The summed E-state index contributed by atoms with van der Waals surface area (Å²) in [5.74, 6) is -0.636. The SMILES string of the molecule is O=C(O)CCc1cccc(NC(=O)CCN2C(=O)COc3ccccc32)c1. The summed E-state index contributed by atoms with van der Waals surface area (Å²) in [7, 11) is 0. The molecule has 2 N–H and O–H groups in total. The molecule has 3 rings (SSSR count). The molecule has 1 aliphatic rings. The molecule has 7 nitrogen and oxygen atoms in total. The highest BCUT2D eigenvalue weighted by Gasteiger charge is 2.25. The number of carbonyl (C=O) groups excluding carboxylic acids is 2. The highest BCUT2D eigenvalue weighted by Crippen LogP contribution is 2.31. The van der Waals surface area contributed by atoms with Gasteiger partial charge in [0.25, 0.3) is 5.91 Å². The Balaban J connectivity index is 1.58. The molecule has 0 saturated carbocycles. The van der Waals surface area contributed by atoms with Gasteiger partial charge in [0.15, 0.2) is 6.61 Å². The molecule has 0 atom stereocenters. The number of carbonyl (C=O) groups is 3. The molecule has 0 aromatic heterocycles. The zero-order chi connectivity index (χ0) is 19.2. The highest BCUT2D eigenvalue weighted by molar-refractivity contribution is 5.99. The molecule has 27 heavy (non-hydrogen) atoms. The maximum Gasteiger partial charge on any atom is 0.303 e. The van der Waals surface area contributed by atoms with Crippen molar-refractivity contribution in [3.8, 4) is 5.75 Å². The summed E-state index contributed by atoms with van der Waals surface area (Å²) >= 11 is 0. The summed E-state index contributed by atoms with van der Waals surface area (Å²) < 4.78 is 5.39. The molecule has 0 unspecified atom stereocenters. The van der Waals surface area contributed by atoms with Gasteiger partial charge in [0.2, 0.25) is 5.91 Å². The van der Waals surface area contributed by atoms with Gasteiger partial charge < -0.3 is 20.1 Å². The van der Waals surface area contributed by atoms with E-state index >= 15 is 0 Å². The Morgan fingerprint density at radius 1 is 1.11 bits per heavy atom. The first kappa shape index (κ1) is 18.4. The topological polar surface area (TPSA) is 95.9 Å². The Labute approximate surface area is 156 Å². The van der Waals surface area contributed by atoms with Gasteiger partial charge >= 0.3 is 5.97 Å². The van der Waals surface area contributed by atoms with Crippen LogP contribution in [0.25, 0.3) is 0 Å². The first-order valence-corrected chi connectivity index (χ1v) is 8.66. The first-order chi connectivity index (χ1) is 13.0. The second-order valence-electron chi connectivity index (χ2n) is 6.19. The van der Waals surface area contributed by atoms with Crippen LogP contribution < -0.4 is 15.0 Å². The smallest absolute Gasteiger partial charge is 0.303 e. The second-order valence-corrected chi connectivity index (χ2v) is 6.19. The molecule has 0 saturated heterocycles. The van der Waals surface area contributed by atoms with Crippen LogP contribution in [0.5, 0.6) is 5.75 Å². The lowest BCUT2D eigenvalue weighted by Gasteiger charge is -2.29. The molecule has 7 heteroatoms. The van der Waals surface area contributed by atoms with E-state index in [0.717, 1.165) is 5.56 Å². The number of amides is 2. The molecule has 0 bridgehead atoms. The van der Waals surface area contributed by atoms with Crippen molar-refractivity contribution in [2.45, 2.75) is 19.3 Å². The van der Waals surface area contributed by atoms with Crippen LogP contribution in [0.4, 0.5) is 11.4 Å². The second kappa shape index (κ2) is 8.35. The quantitative estimate of drug-likeness (QED) is 0.783. The van der Waals surface area contributed by atoms with Crippen LogP contribution in [0.1, 0.15) is 18.4 Å². The number of carboxylic acids is 1. The number of rotatable bonds is 7. The fourth-order valence-corrected chi connectivity index (χ4v) is 2.89. The number of benzene rings is 2. The number of hydrogen-bond donors (Lipinski definition) is 2. The molecular formula is C20H20N2O5. The van der Waals surface area contributed by atoms with E-state index in [4.69, 9.17) is 9.84 Å². The number of hydrogen-bond acceptors (Lipinski definition) is 4. The number of carboxylic acid groups (broad SMARTS) is 1. The number of aliphatic carboxylic acids is 1. The van der Waals surface area contributed by atoms with Crippen LogP contribution >= 0.6 is 0 Å². The molecule has 2 aromatic carbocycles. The standard InChI is InChI=1S/C20H20N2O5/c23-18(21-15-5-3-4-14(12-15)8-9-20(25)26)10-11-22-16-6-1-2-7-17(16)27-13-19(22)24/h1-7,12H,8-11,13H2,(H,21,23)(H,25,26). The molecule has 0 radical (unpaired) electrons. The molecule has 0 spiro atoms. The van der Waals surface area contributed by atoms with Crippen molar-refractivity contribution >= 4 is 29.2 Å². The van der Waals surface area contributed by atoms with E-state index in [2.05, 4.69) is 5.32 Å². The summed E-state index contributed by atoms with van der Waals surface area (Å²) in [5, 5.41) is 11.6. The average Bonchev–Trinajstić information content (AvgIpc) is 2.66. The molecular weight excluding hydrogens is 348 g/mol. The Morgan fingerprint density at radius 3 is 2.74 bits per heavy atom. The third kappa shape index (κ3) is 4.84. The lowest BCUT2D eigenvalue weighted by Crippen LogP contribution is -2.40. The fourth-order valence-electron chi connectivity index (χ4n) is 2.89. The van der Waals surface area contributed by atoms with E-state index in [1.54, 1.807) is 35.2 Å². The predicted molar refractivity (Wildman–Crippen MR) is 99.9 cm³/mol. The van der Waals surface area contributed by atoms with Gasteiger partial charge in [0, 0.05) is 25.1 Å². The Hall–Kier alpha value is -3.35. The van der Waals surface area contributed by atoms with Crippen LogP contribution in [-0.4, -0.2) is 36.0 Å². The zero-order valence-electron chi connectivity index (χ0n) is 14.7. The van der Waals surface area contributed by atoms with Gasteiger partial charge in [-0.3, -0.25) is 14.4 Å². The van der Waals surface area contributed by atoms with Gasteiger partial charge in [0.05, 0.1) is 5.69 Å². The molecule has 1 heterocycles. The highest BCUT2D eigenvalue weighted by atomic mass is 16.5. The van der Waals surface area contributed by atoms with Crippen molar-refractivity contribution in [1.29, 1.82) is 0 Å². The number of para-hydroxylation sites is 2. The van der Waals surface area contributed by atoms with Crippen molar-refractivity contribution in [3.05, 3.63) is 54.1 Å². The monoisotopic (exact) mass is 368 g/mol. The minimum absolute atomic E-state index is 0.0374. The minimum Gasteiger partial charge on any atom is -0.482 e. The molecule has 0 fully saturated rings. The van der Waals surface area contributed by atoms with Crippen LogP contribution in [0.2, 0.25) is 0 Å². The summed E-state index contributed by atoms with van der Waals surface area (Å²) in [6, 6.07) is 14.3. The van der Waals surface area contributed by atoms with Gasteiger partial charge in [-0.2, -0.15) is 0 Å². The third-order valence-electron chi connectivity index (χ3n) is 4.21. The molecule has 140 valence electrons. The predicted octanol–water partition coefficient (Wildman–Crippen LogP) is 2.46. The number of nitrogens with zero attached hydrogens (tertiary/aromatic N) is 1. The number of fused-ring (bicyclic) bond motifs is 1. The number of aryl methyl sites for hydroxylation is 1. The Morgan fingerprint density at radius 2 is 1.93 bits per heavy atom. The maximum absolute atomic E-state index is 12.3. The summed E-state index contributed by atoms with van der Waals surface area (Å²) in [6.45, 7) is 0.216. The normalized spacial score (nSPS) is 12.9. The summed E-state index contributed by atoms with van der Waals surface area (Å²) in [6.07, 6.45) is 0.577. The van der Waals surface area contributed by atoms with E-state index in [0.29, 0.717) is 23.5 Å². The lowest BCUT2D eigenvalue weighted by molar-refractivity contribution is -0.137. The number of ether oxygens (including phenoxy) is 1. The van der Waals surface area contributed by atoms with E-state index in [1.807, 2.05) is 18.2 Å². The maximum atomic E-state index is 12.3. The number of nitrogens with one attached hydrogen (secondary N) is 1. The van der Waals surface area contributed by atoms with E-state index in [-0.39, 0.29) is 37.8 Å². The Bertz CT molecular complexity index is 865. The van der Waals surface area contributed by atoms with Crippen LogP contribution in [0.3, 0.4) is 0 Å². The van der Waals surface area contributed by atoms with Gasteiger partial charge in [-0.05, 0) is 36.2 Å². The minimum atomic E-state index is -0.861. The fraction of sp³-hybridized carbons (Fsp3) is 0.250. The zero-order valence-corrected chi connectivity index (χ0v) is 14.7. The van der Waals surface area contributed by atoms with Crippen molar-refractivity contribution in [3.63, 3.8) is 0 Å². The van der Waals surface area contributed by atoms with Gasteiger partial charge in [-0.1, -0.05) is 24.3 Å². The van der Waals surface area contributed by atoms with Crippen molar-refractivity contribution in [1.82, 2.24) is 0 Å². The lowest BCUT2D eigenvalue weighted by atomic mass is 10.1. The van der Waals surface area contributed by atoms with E-state index < -0.39 is 5.97 Å². The van der Waals surface area contributed by atoms with Gasteiger partial charge in [0.1, 0.15) is 5.75 Å². The van der Waals surface area contributed by atoms with Crippen LogP contribution in [-0.2, 0) is 20.8 Å². The van der Waals surface area contributed by atoms with E-state index in [9.17, 15) is 14.4 Å². The molecule has 1 aliphatic heterocycles. The largest absolute Gasteiger partial charge is 0.482 e. The van der Waals surface area contributed by atoms with Crippen molar-refractivity contribution in [2.24, 2.45) is 0 Å². The average molecular weight is 368 g/mol. The Kier molecular flexibility index (Phi) is 5.71. The van der Waals surface area contributed by atoms with Crippen LogP contribution in [0, 0.1) is 0 Å². The van der Waals surface area contributed by atoms with Crippen molar-refractivity contribution < 1.29 is 24.2 Å². The van der Waals surface area contributed by atoms with Gasteiger partial charge in [-0.15, -0.1) is 0 Å². The number of anilines is 2. The van der Waals surface area contributed by atoms with Crippen molar-refractivity contribution in [2.75, 3.05) is 23.4 Å². The van der Waals surface area contributed by atoms with Crippen LogP contribution in [0.15, 0.2) is 48.5 Å². The van der Waals surface area contributed by atoms with E-state index in [1.165, 1.54) is 0 Å². The summed E-state index contributed by atoms with van der Waals surface area (Å²) in [5.41, 5.74) is 2.11. The third-order valence-corrected chi connectivity index (χ3v) is 4.21. The molecule has 2 aromatic rings.